The van der Waals surface area contributed by atoms with Crippen molar-refractivity contribution in [3.05, 3.63) is 36.5 Å². The lowest BCUT2D eigenvalue weighted by Crippen LogP contribution is -2.25. The third-order valence-corrected chi connectivity index (χ3v) is 2.11. The Bertz CT molecular complexity index is 225. The fourth-order valence-corrected chi connectivity index (χ4v) is 1.27. The predicted molar refractivity (Wildman–Crippen MR) is 51.9 cm³/mol. The molecule has 66 valence electrons. The van der Waals surface area contributed by atoms with E-state index in [1.807, 2.05) is 31.2 Å². The van der Waals surface area contributed by atoms with Gasteiger partial charge in [-0.1, -0.05) is 29.9 Å². The Morgan fingerprint density at radius 2 is 2.33 bits per heavy atom. The van der Waals surface area contributed by atoms with Gasteiger partial charge in [0.15, 0.2) is 0 Å². The van der Waals surface area contributed by atoms with Crippen molar-refractivity contribution < 1.29 is 5.11 Å². The number of hydrogen-bond acceptors (Lipinski definition) is 1. The standard InChI is InChI=1S/C11H16O/c1-10(2)6-9-11(12)7-4-3-5-8-11/h3-5,7,12H,1,6,8-9H2,2H3. The highest BCUT2D eigenvalue weighted by Crippen LogP contribution is 2.24. The van der Waals surface area contributed by atoms with E-state index in [9.17, 15) is 5.11 Å². The van der Waals surface area contributed by atoms with Crippen LogP contribution < -0.4 is 0 Å². The zero-order chi connectivity index (χ0) is 9.03. The molecule has 1 heteroatoms. The molecule has 0 radical (unpaired) electrons. The zero-order valence-corrected chi connectivity index (χ0v) is 7.59. The van der Waals surface area contributed by atoms with Gasteiger partial charge >= 0.3 is 0 Å². The van der Waals surface area contributed by atoms with E-state index in [0.717, 1.165) is 24.8 Å². The van der Waals surface area contributed by atoms with Gasteiger partial charge in [0, 0.05) is 0 Å². The SMILES string of the molecule is C=C(C)CCC1(O)C=CC=CC1. The molecule has 1 unspecified atom stereocenters. The van der Waals surface area contributed by atoms with Crippen LogP contribution in [0.25, 0.3) is 0 Å². The quantitative estimate of drug-likeness (QED) is 0.636. The summed E-state index contributed by atoms with van der Waals surface area (Å²) in [5, 5.41) is 9.94. The Balaban J connectivity index is 2.44. The molecule has 0 fully saturated rings. The summed E-state index contributed by atoms with van der Waals surface area (Å²) < 4.78 is 0. The van der Waals surface area contributed by atoms with Gasteiger partial charge in [-0.25, -0.2) is 0 Å². The van der Waals surface area contributed by atoms with Crippen LogP contribution in [0.3, 0.4) is 0 Å². The first-order valence-electron chi connectivity index (χ1n) is 4.33. The van der Waals surface area contributed by atoms with Crippen molar-refractivity contribution in [2.24, 2.45) is 0 Å². The summed E-state index contributed by atoms with van der Waals surface area (Å²) >= 11 is 0. The molecule has 0 bridgehead atoms. The summed E-state index contributed by atoms with van der Waals surface area (Å²) in [5.41, 5.74) is 0.514. The van der Waals surface area contributed by atoms with E-state index in [2.05, 4.69) is 6.58 Å². The molecule has 12 heavy (non-hydrogen) atoms. The molecule has 1 aliphatic rings. The molecule has 1 N–H and O–H groups in total. The van der Waals surface area contributed by atoms with Gasteiger partial charge in [-0.15, -0.1) is 6.58 Å². The fourth-order valence-electron chi connectivity index (χ4n) is 1.27. The maximum Gasteiger partial charge on any atom is 0.0868 e. The van der Waals surface area contributed by atoms with Crippen molar-refractivity contribution >= 4 is 0 Å². The number of aliphatic hydroxyl groups is 1. The van der Waals surface area contributed by atoms with E-state index in [-0.39, 0.29) is 0 Å². The molecule has 1 aliphatic carbocycles. The number of allylic oxidation sites excluding steroid dienone is 3. The maximum absolute atomic E-state index is 9.94. The minimum atomic E-state index is -0.617. The number of rotatable bonds is 3. The minimum absolute atomic E-state index is 0.617. The molecular weight excluding hydrogens is 148 g/mol. The van der Waals surface area contributed by atoms with Crippen LogP contribution in [0.15, 0.2) is 36.5 Å². The molecule has 0 spiro atoms. The largest absolute Gasteiger partial charge is 0.385 e. The highest BCUT2D eigenvalue weighted by atomic mass is 16.3. The fraction of sp³-hybridized carbons (Fsp3) is 0.455. The van der Waals surface area contributed by atoms with Gasteiger partial charge in [0.25, 0.3) is 0 Å². The maximum atomic E-state index is 9.94. The highest BCUT2D eigenvalue weighted by Gasteiger charge is 2.22. The highest BCUT2D eigenvalue weighted by molar-refractivity contribution is 5.18. The van der Waals surface area contributed by atoms with Crippen molar-refractivity contribution in [2.75, 3.05) is 0 Å². The van der Waals surface area contributed by atoms with Gasteiger partial charge in [-0.05, 0) is 26.2 Å². The number of hydrogen-bond donors (Lipinski definition) is 1. The average Bonchev–Trinajstić information content (AvgIpc) is 2.03. The molecule has 0 amide bonds. The van der Waals surface area contributed by atoms with Crippen LogP contribution in [0.4, 0.5) is 0 Å². The van der Waals surface area contributed by atoms with Crippen molar-refractivity contribution in [1.82, 2.24) is 0 Å². The van der Waals surface area contributed by atoms with E-state index < -0.39 is 5.60 Å². The van der Waals surface area contributed by atoms with Crippen molar-refractivity contribution in [2.45, 2.75) is 31.8 Å². The Kier molecular flexibility index (Phi) is 2.88. The van der Waals surface area contributed by atoms with Crippen molar-refractivity contribution in [1.29, 1.82) is 0 Å². The van der Waals surface area contributed by atoms with Crippen molar-refractivity contribution in [3.63, 3.8) is 0 Å². The molecule has 0 aromatic rings. The summed E-state index contributed by atoms with van der Waals surface area (Å²) in [5.74, 6) is 0. The monoisotopic (exact) mass is 164 g/mol. The summed E-state index contributed by atoms with van der Waals surface area (Å²) in [6.45, 7) is 5.81. The van der Waals surface area contributed by atoms with E-state index in [1.165, 1.54) is 0 Å². The lowest BCUT2D eigenvalue weighted by molar-refractivity contribution is 0.0838. The first-order valence-corrected chi connectivity index (χ1v) is 4.33. The minimum Gasteiger partial charge on any atom is -0.385 e. The molecule has 0 aliphatic heterocycles. The molecule has 0 heterocycles. The second-order valence-corrected chi connectivity index (χ2v) is 3.55. The summed E-state index contributed by atoms with van der Waals surface area (Å²) in [4.78, 5) is 0. The van der Waals surface area contributed by atoms with Crippen LogP contribution in [0.2, 0.25) is 0 Å². The molecule has 0 saturated carbocycles. The smallest absolute Gasteiger partial charge is 0.0868 e. The van der Waals surface area contributed by atoms with Gasteiger partial charge in [0.1, 0.15) is 0 Å². The van der Waals surface area contributed by atoms with Gasteiger partial charge in [0.05, 0.1) is 5.60 Å². The third-order valence-electron chi connectivity index (χ3n) is 2.11. The van der Waals surface area contributed by atoms with Crippen LogP contribution in [0, 0.1) is 0 Å². The lowest BCUT2D eigenvalue weighted by atomic mass is 9.89. The van der Waals surface area contributed by atoms with Crippen LogP contribution in [0.5, 0.6) is 0 Å². The molecule has 1 nitrogen and oxygen atoms in total. The second kappa shape index (κ2) is 3.72. The molecule has 0 aromatic carbocycles. The molecule has 0 aromatic heterocycles. The first-order chi connectivity index (χ1) is 5.62. The Morgan fingerprint density at radius 3 is 2.83 bits per heavy atom. The van der Waals surface area contributed by atoms with E-state index in [4.69, 9.17) is 0 Å². The normalized spacial score (nSPS) is 27.5. The van der Waals surface area contributed by atoms with E-state index in [1.54, 1.807) is 0 Å². The van der Waals surface area contributed by atoms with Crippen LogP contribution in [0.1, 0.15) is 26.2 Å². The third kappa shape index (κ3) is 2.67. The Labute approximate surface area is 74.1 Å². The molecular formula is C11H16O. The van der Waals surface area contributed by atoms with Crippen molar-refractivity contribution in [3.8, 4) is 0 Å². The van der Waals surface area contributed by atoms with E-state index >= 15 is 0 Å². The Morgan fingerprint density at radius 1 is 1.58 bits per heavy atom. The average molecular weight is 164 g/mol. The molecule has 0 saturated heterocycles. The van der Waals surface area contributed by atoms with Crippen LogP contribution in [-0.2, 0) is 0 Å². The first kappa shape index (κ1) is 9.27. The molecule has 1 rings (SSSR count). The van der Waals surface area contributed by atoms with Gasteiger partial charge in [-0.3, -0.25) is 0 Å². The van der Waals surface area contributed by atoms with Gasteiger partial charge in [-0.2, -0.15) is 0 Å². The van der Waals surface area contributed by atoms with Gasteiger partial charge < -0.3 is 5.11 Å². The topological polar surface area (TPSA) is 20.2 Å². The lowest BCUT2D eigenvalue weighted by Gasteiger charge is -2.24. The van der Waals surface area contributed by atoms with Crippen LogP contribution >= 0.6 is 0 Å². The van der Waals surface area contributed by atoms with E-state index in [0.29, 0.717) is 0 Å². The van der Waals surface area contributed by atoms with Gasteiger partial charge in [0.2, 0.25) is 0 Å². The summed E-state index contributed by atoms with van der Waals surface area (Å²) in [6, 6.07) is 0. The summed E-state index contributed by atoms with van der Waals surface area (Å²) in [6.07, 6.45) is 10.2. The molecule has 1 atom stereocenters. The Hall–Kier alpha value is -0.820. The summed E-state index contributed by atoms with van der Waals surface area (Å²) in [7, 11) is 0. The zero-order valence-electron chi connectivity index (χ0n) is 7.59. The predicted octanol–water partition coefficient (Wildman–Crippen LogP) is 2.59. The second-order valence-electron chi connectivity index (χ2n) is 3.55. The van der Waals surface area contributed by atoms with Crippen LogP contribution in [-0.4, -0.2) is 10.7 Å².